The maximum absolute atomic E-state index is 11.5. The van der Waals surface area contributed by atoms with Gasteiger partial charge >= 0.3 is 5.97 Å². The van der Waals surface area contributed by atoms with Crippen molar-refractivity contribution in [2.75, 3.05) is 13.1 Å². The zero-order valence-electron chi connectivity index (χ0n) is 8.77. The molecule has 0 aromatic rings. The number of aliphatic carboxylic acids is 1. The number of carbonyl (C=O) groups excluding carboxylic acids is 1. The van der Waals surface area contributed by atoms with Gasteiger partial charge in [-0.15, -0.1) is 13.2 Å². The van der Waals surface area contributed by atoms with Crippen LogP contribution in [0, 0.1) is 0 Å². The molecule has 0 aromatic heterocycles. The second-order valence-corrected chi connectivity index (χ2v) is 2.95. The number of hydrogen-bond acceptors (Lipinski definition) is 2. The van der Waals surface area contributed by atoms with Crippen LogP contribution in [0.15, 0.2) is 37.0 Å². The monoisotopic (exact) mass is 209 g/mol. The number of rotatable bonds is 6. The lowest BCUT2D eigenvalue weighted by molar-refractivity contribution is -0.133. The molecule has 4 nitrogen and oxygen atoms in total. The minimum Gasteiger partial charge on any atom is -0.478 e. The summed E-state index contributed by atoms with van der Waals surface area (Å²) < 4.78 is 0. The molecule has 0 fully saturated rings. The first-order valence-electron chi connectivity index (χ1n) is 4.45. The molecule has 1 amide bonds. The molecule has 0 aliphatic carbocycles. The summed E-state index contributed by atoms with van der Waals surface area (Å²) in [6.45, 7) is 9.14. The zero-order chi connectivity index (χ0) is 11.8. The van der Waals surface area contributed by atoms with Crippen LogP contribution in [0.2, 0.25) is 0 Å². The first kappa shape index (κ1) is 13.2. The maximum Gasteiger partial charge on any atom is 0.331 e. The van der Waals surface area contributed by atoms with Crippen molar-refractivity contribution in [3.63, 3.8) is 0 Å². The van der Waals surface area contributed by atoms with Crippen LogP contribution in [0.1, 0.15) is 6.92 Å². The fraction of sp³-hybridized carbons (Fsp3) is 0.273. The summed E-state index contributed by atoms with van der Waals surface area (Å²) >= 11 is 0. The highest BCUT2D eigenvalue weighted by molar-refractivity contribution is 5.97. The summed E-state index contributed by atoms with van der Waals surface area (Å²) in [6, 6.07) is 0. The Hall–Kier alpha value is -1.84. The topological polar surface area (TPSA) is 57.6 Å². The molecule has 0 atom stereocenters. The van der Waals surface area contributed by atoms with Gasteiger partial charge in [-0.2, -0.15) is 0 Å². The third kappa shape index (κ3) is 4.81. The van der Waals surface area contributed by atoms with Crippen molar-refractivity contribution < 1.29 is 14.7 Å². The number of nitrogens with zero attached hydrogens (tertiary/aromatic N) is 1. The third-order valence-electron chi connectivity index (χ3n) is 1.69. The minimum absolute atomic E-state index is 0.0122. The van der Waals surface area contributed by atoms with E-state index in [9.17, 15) is 9.59 Å². The van der Waals surface area contributed by atoms with E-state index < -0.39 is 5.97 Å². The lowest BCUT2D eigenvalue weighted by atomic mass is 10.2. The first-order chi connectivity index (χ1) is 7.02. The van der Waals surface area contributed by atoms with Crippen LogP contribution in [0.4, 0.5) is 0 Å². The molecule has 82 valence electrons. The van der Waals surface area contributed by atoms with Gasteiger partial charge in [0.05, 0.1) is 0 Å². The Morgan fingerprint density at radius 2 is 1.73 bits per heavy atom. The fourth-order valence-electron chi connectivity index (χ4n) is 0.904. The molecule has 0 spiro atoms. The Labute approximate surface area is 89.2 Å². The number of hydrogen-bond donors (Lipinski definition) is 1. The summed E-state index contributed by atoms with van der Waals surface area (Å²) in [5.74, 6) is -1.45. The van der Waals surface area contributed by atoms with Crippen LogP contribution in [-0.4, -0.2) is 35.0 Å². The number of carboxylic acid groups (broad SMARTS) is 1. The highest BCUT2D eigenvalue weighted by Gasteiger charge is 2.10. The van der Waals surface area contributed by atoms with Gasteiger partial charge in [-0.25, -0.2) is 4.79 Å². The molecule has 0 aliphatic rings. The average molecular weight is 209 g/mol. The second-order valence-electron chi connectivity index (χ2n) is 2.95. The molecule has 4 heteroatoms. The Kier molecular flexibility index (Phi) is 5.78. The van der Waals surface area contributed by atoms with Crippen molar-refractivity contribution >= 4 is 11.9 Å². The van der Waals surface area contributed by atoms with Crippen molar-refractivity contribution in [2.24, 2.45) is 0 Å². The smallest absolute Gasteiger partial charge is 0.331 e. The first-order valence-corrected chi connectivity index (χ1v) is 4.45. The fourth-order valence-corrected chi connectivity index (χ4v) is 0.904. The van der Waals surface area contributed by atoms with Crippen molar-refractivity contribution in [3.8, 4) is 0 Å². The van der Waals surface area contributed by atoms with E-state index in [0.717, 1.165) is 6.08 Å². The van der Waals surface area contributed by atoms with Gasteiger partial charge < -0.3 is 10.0 Å². The Balaban J connectivity index is 4.63. The minimum atomic E-state index is -1.10. The Morgan fingerprint density at radius 3 is 2.07 bits per heavy atom. The van der Waals surface area contributed by atoms with Crippen LogP contribution in [0.5, 0.6) is 0 Å². The van der Waals surface area contributed by atoms with Crippen LogP contribution in [0.3, 0.4) is 0 Å². The molecule has 0 rings (SSSR count). The summed E-state index contributed by atoms with van der Waals surface area (Å²) in [5.41, 5.74) is 0.0122. The van der Waals surface area contributed by atoms with Gasteiger partial charge in [-0.3, -0.25) is 4.79 Å². The predicted octanol–water partition coefficient (Wildman–Crippen LogP) is 1.22. The number of carbonyl (C=O) groups is 2. The van der Waals surface area contributed by atoms with Crippen molar-refractivity contribution in [1.29, 1.82) is 0 Å². The molecule has 0 saturated carbocycles. The summed E-state index contributed by atoms with van der Waals surface area (Å²) in [7, 11) is 0. The molecule has 0 saturated heterocycles. The molecule has 0 radical (unpaired) electrons. The van der Waals surface area contributed by atoms with Crippen LogP contribution in [-0.2, 0) is 9.59 Å². The lowest BCUT2D eigenvalue weighted by Gasteiger charge is -2.17. The highest BCUT2D eigenvalue weighted by Crippen LogP contribution is 1.98. The highest BCUT2D eigenvalue weighted by atomic mass is 16.4. The molecule has 1 N–H and O–H groups in total. The molecule has 0 unspecified atom stereocenters. The average Bonchev–Trinajstić information content (AvgIpc) is 2.17. The molecular formula is C11H15NO3. The molecule has 15 heavy (non-hydrogen) atoms. The van der Waals surface area contributed by atoms with Crippen LogP contribution < -0.4 is 0 Å². The van der Waals surface area contributed by atoms with Crippen molar-refractivity contribution in [2.45, 2.75) is 6.92 Å². The predicted molar refractivity (Wildman–Crippen MR) is 58.4 cm³/mol. The summed E-state index contributed by atoms with van der Waals surface area (Å²) in [5, 5.41) is 8.59. The normalized spacial score (nSPS) is 10.6. The molecule has 0 heterocycles. The summed E-state index contributed by atoms with van der Waals surface area (Å²) in [4.78, 5) is 23.5. The van der Waals surface area contributed by atoms with Gasteiger partial charge in [0.15, 0.2) is 0 Å². The standard InChI is InChI=1S/C11H15NO3/c1-4-6-12(7-5-2)10(13)8-9(3)11(14)15/h4-5,8H,1-2,6-7H2,3H3,(H,14,15). The molecular weight excluding hydrogens is 194 g/mol. The van der Waals surface area contributed by atoms with Crippen LogP contribution >= 0.6 is 0 Å². The zero-order valence-corrected chi connectivity index (χ0v) is 8.77. The summed E-state index contributed by atoms with van der Waals surface area (Å²) in [6.07, 6.45) is 4.24. The van der Waals surface area contributed by atoms with Gasteiger partial charge in [0, 0.05) is 24.7 Å². The quantitative estimate of drug-likeness (QED) is 0.528. The van der Waals surface area contributed by atoms with Crippen molar-refractivity contribution in [1.82, 2.24) is 4.90 Å². The van der Waals surface area contributed by atoms with Gasteiger partial charge in [0.1, 0.15) is 0 Å². The molecule has 0 aromatic carbocycles. The SMILES string of the molecule is C=CCN(CC=C)C(=O)C=C(C)C(=O)O. The lowest BCUT2D eigenvalue weighted by Crippen LogP contribution is -2.30. The molecule has 0 aliphatic heterocycles. The van der Waals surface area contributed by atoms with Crippen molar-refractivity contribution in [3.05, 3.63) is 37.0 Å². The van der Waals surface area contributed by atoms with E-state index in [1.807, 2.05) is 0 Å². The van der Waals surface area contributed by atoms with E-state index in [1.165, 1.54) is 11.8 Å². The number of amides is 1. The van der Waals surface area contributed by atoms with E-state index in [4.69, 9.17) is 5.11 Å². The van der Waals surface area contributed by atoms with Gasteiger partial charge in [0.25, 0.3) is 0 Å². The Morgan fingerprint density at radius 1 is 1.27 bits per heavy atom. The molecule has 0 bridgehead atoms. The van der Waals surface area contributed by atoms with Gasteiger partial charge in [-0.1, -0.05) is 12.2 Å². The van der Waals surface area contributed by atoms with E-state index in [0.29, 0.717) is 13.1 Å². The second kappa shape index (κ2) is 6.59. The van der Waals surface area contributed by atoms with E-state index >= 15 is 0 Å². The largest absolute Gasteiger partial charge is 0.478 e. The van der Waals surface area contributed by atoms with Gasteiger partial charge in [-0.05, 0) is 6.92 Å². The Bertz CT molecular complexity index is 295. The van der Waals surface area contributed by atoms with Crippen LogP contribution in [0.25, 0.3) is 0 Å². The van der Waals surface area contributed by atoms with E-state index in [2.05, 4.69) is 13.2 Å². The third-order valence-corrected chi connectivity index (χ3v) is 1.69. The number of carboxylic acids is 1. The van der Waals surface area contributed by atoms with E-state index in [-0.39, 0.29) is 11.5 Å². The van der Waals surface area contributed by atoms with Gasteiger partial charge in [0.2, 0.25) is 5.91 Å². The van der Waals surface area contributed by atoms with E-state index in [1.54, 1.807) is 12.2 Å². The maximum atomic E-state index is 11.5.